The second-order valence-corrected chi connectivity index (χ2v) is 4.59. The highest BCUT2D eigenvalue weighted by Gasteiger charge is 2.01. The SMILES string of the molecule is CCC(CCCCCCCI)N=[N+]=[N-]. The van der Waals surface area contributed by atoms with Gasteiger partial charge >= 0.3 is 0 Å². The molecule has 0 saturated heterocycles. The summed E-state index contributed by atoms with van der Waals surface area (Å²) < 4.78 is 1.27. The van der Waals surface area contributed by atoms with Gasteiger partial charge in [0.1, 0.15) is 0 Å². The van der Waals surface area contributed by atoms with Gasteiger partial charge in [-0.2, -0.15) is 0 Å². The summed E-state index contributed by atoms with van der Waals surface area (Å²) in [6, 6.07) is 0.226. The Kier molecular flexibility index (Phi) is 11.1. The van der Waals surface area contributed by atoms with Crippen LogP contribution in [-0.2, 0) is 0 Å². The largest absolute Gasteiger partial charge is 0.0906 e. The highest BCUT2D eigenvalue weighted by Crippen LogP contribution is 2.12. The van der Waals surface area contributed by atoms with E-state index < -0.39 is 0 Å². The molecule has 0 spiro atoms. The van der Waals surface area contributed by atoms with E-state index >= 15 is 0 Å². The van der Waals surface area contributed by atoms with Gasteiger partial charge in [-0.05, 0) is 29.2 Å². The van der Waals surface area contributed by atoms with Gasteiger partial charge in [0.2, 0.25) is 0 Å². The predicted molar refractivity (Wildman–Crippen MR) is 69.8 cm³/mol. The Bertz CT molecular complexity index is 167. The van der Waals surface area contributed by atoms with Crippen molar-refractivity contribution in [2.45, 2.75) is 57.9 Å². The third-order valence-electron chi connectivity index (χ3n) is 2.36. The van der Waals surface area contributed by atoms with Crippen LogP contribution in [0.3, 0.4) is 0 Å². The Hall–Kier alpha value is 0.0400. The topological polar surface area (TPSA) is 48.8 Å². The summed E-state index contributed by atoms with van der Waals surface area (Å²) in [6.45, 7) is 2.08. The normalized spacial score (nSPS) is 12.1. The lowest BCUT2D eigenvalue weighted by atomic mass is 10.1. The molecular weight excluding hydrogens is 289 g/mol. The fraction of sp³-hybridized carbons (Fsp3) is 1.00. The molecule has 3 nitrogen and oxygen atoms in total. The van der Waals surface area contributed by atoms with Gasteiger partial charge in [-0.15, -0.1) is 0 Å². The van der Waals surface area contributed by atoms with E-state index in [4.69, 9.17) is 5.53 Å². The fourth-order valence-electron chi connectivity index (χ4n) is 1.42. The molecule has 0 amide bonds. The lowest BCUT2D eigenvalue weighted by Crippen LogP contribution is -2.00. The maximum atomic E-state index is 8.30. The van der Waals surface area contributed by atoms with Crippen LogP contribution in [0.1, 0.15) is 51.9 Å². The molecule has 1 unspecified atom stereocenters. The van der Waals surface area contributed by atoms with E-state index in [1.54, 1.807) is 0 Å². The van der Waals surface area contributed by atoms with E-state index in [9.17, 15) is 0 Å². The summed E-state index contributed by atoms with van der Waals surface area (Å²) in [5.41, 5.74) is 8.30. The highest BCUT2D eigenvalue weighted by atomic mass is 127. The van der Waals surface area contributed by atoms with Crippen LogP contribution in [0.2, 0.25) is 0 Å². The zero-order chi connectivity index (χ0) is 10.6. The molecule has 4 heteroatoms. The first-order valence-electron chi connectivity index (χ1n) is 5.45. The van der Waals surface area contributed by atoms with E-state index in [0.717, 1.165) is 12.8 Å². The molecule has 0 aliphatic rings. The maximum absolute atomic E-state index is 8.30. The zero-order valence-corrected chi connectivity index (χ0v) is 11.1. The average Bonchev–Trinajstić information content (AvgIpc) is 2.21. The molecular formula is C10H20IN3. The van der Waals surface area contributed by atoms with E-state index in [0.29, 0.717) is 0 Å². The lowest BCUT2D eigenvalue weighted by molar-refractivity contribution is 0.530. The van der Waals surface area contributed by atoms with Gasteiger partial charge in [0, 0.05) is 11.0 Å². The minimum Gasteiger partial charge on any atom is -0.0906 e. The van der Waals surface area contributed by atoms with Crippen LogP contribution in [0.25, 0.3) is 10.4 Å². The Morgan fingerprint density at radius 2 is 1.86 bits per heavy atom. The van der Waals surface area contributed by atoms with E-state index in [1.807, 2.05) is 0 Å². The van der Waals surface area contributed by atoms with Crippen molar-refractivity contribution in [2.24, 2.45) is 5.11 Å². The lowest BCUT2D eigenvalue weighted by Gasteiger charge is -2.06. The number of alkyl halides is 1. The van der Waals surface area contributed by atoms with Gasteiger partial charge in [0.05, 0.1) is 0 Å². The molecule has 14 heavy (non-hydrogen) atoms. The summed E-state index contributed by atoms with van der Waals surface area (Å²) in [6.07, 6.45) is 8.54. The standard InChI is InChI=1S/C10H20IN3/c1-2-10(13-14-12)8-6-4-3-5-7-9-11/h10H,2-9H2,1H3. The van der Waals surface area contributed by atoms with E-state index in [2.05, 4.69) is 39.5 Å². The third kappa shape index (κ3) is 8.63. The van der Waals surface area contributed by atoms with E-state index in [-0.39, 0.29) is 6.04 Å². The fourth-order valence-corrected chi connectivity index (χ4v) is 1.96. The van der Waals surface area contributed by atoms with Gasteiger partial charge in [-0.3, -0.25) is 0 Å². The number of hydrogen-bond acceptors (Lipinski definition) is 1. The molecule has 0 bridgehead atoms. The van der Waals surface area contributed by atoms with Crippen molar-refractivity contribution in [2.75, 3.05) is 4.43 Å². The number of nitrogens with zero attached hydrogens (tertiary/aromatic N) is 3. The highest BCUT2D eigenvalue weighted by molar-refractivity contribution is 14.1. The molecule has 0 aliphatic heterocycles. The molecule has 0 aromatic rings. The van der Waals surface area contributed by atoms with Crippen LogP contribution >= 0.6 is 22.6 Å². The molecule has 1 atom stereocenters. The van der Waals surface area contributed by atoms with Crippen LogP contribution < -0.4 is 0 Å². The predicted octanol–water partition coefficient (Wildman–Crippen LogP) is 4.85. The van der Waals surface area contributed by atoms with Gasteiger partial charge in [-0.1, -0.05) is 60.3 Å². The van der Waals surface area contributed by atoms with E-state index in [1.165, 1.54) is 36.5 Å². The molecule has 0 fully saturated rings. The Morgan fingerprint density at radius 1 is 1.21 bits per heavy atom. The van der Waals surface area contributed by atoms with Crippen LogP contribution in [0.15, 0.2) is 5.11 Å². The van der Waals surface area contributed by atoms with Crippen molar-refractivity contribution in [3.8, 4) is 0 Å². The number of hydrogen-bond donors (Lipinski definition) is 0. The second kappa shape index (κ2) is 11.1. The first kappa shape index (κ1) is 14.0. The quantitative estimate of drug-likeness (QED) is 0.146. The number of halogens is 1. The van der Waals surface area contributed by atoms with Gasteiger partial charge in [-0.25, -0.2) is 0 Å². The van der Waals surface area contributed by atoms with Crippen LogP contribution in [0.4, 0.5) is 0 Å². The molecule has 0 rings (SSSR count). The number of rotatable bonds is 9. The van der Waals surface area contributed by atoms with Crippen molar-refractivity contribution in [1.82, 2.24) is 0 Å². The second-order valence-electron chi connectivity index (χ2n) is 3.51. The van der Waals surface area contributed by atoms with Crippen LogP contribution in [-0.4, -0.2) is 10.5 Å². The summed E-state index contributed by atoms with van der Waals surface area (Å²) in [5, 5.41) is 3.76. The van der Waals surface area contributed by atoms with Crippen molar-refractivity contribution in [3.05, 3.63) is 10.4 Å². The summed E-state index contributed by atoms with van der Waals surface area (Å²) >= 11 is 2.42. The molecule has 0 aliphatic carbocycles. The van der Waals surface area contributed by atoms with Crippen LogP contribution in [0, 0.1) is 0 Å². The summed E-state index contributed by atoms with van der Waals surface area (Å²) in [4.78, 5) is 2.86. The summed E-state index contributed by atoms with van der Waals surface area (Å²) in [5.74, 6) is 0. The monoisotopic (exact) mass is 309 g/mol. The molecule has 0 aromatic heterocycles. The van der Waals surface area contributed by atoms with Gasteiger partial charge < -0.3 is 0 Å². The van der Waals surface area contributed by atoms with Crippen molar-refractivity contribution < 1.29 is 0 Å². The van der Waals surface area contributed by atoms with Crippen molar-refractivity contribution in [3.63, 3.8) is 0 Å². The minimum absolute atomic E-state index is 0.226. The van der Waals surface area contributed by atoms with Crippen LogP contribution in [0.5, 0.6) is 0 Å². The van der Waals surface area contributed by atoms with Crippen molar-refractivity contribution in [1.29, 1.82) is 0 Å². The smallest absolute Gasteiger partial charge is 0.0371 e. The molecule has 0 N–H and O–H groups in total. The number of azide groups is 1. The molecule has 82 valence electrons. The Labute approximate surface area is 100 Å². The molecule has 0 saturated carbocycles. The molecule has 0 aromatic carbocycles. The summed E-state index contributed by atoms with van der Waals surface area (Å²) in [7, 11) is 0. The molecule has 0 radical (unpaired) electrons. The number of unbranched alkanes of at least 4 members (excludes halogenated alkanes) is 4. The van der Waals surface area contributed by atoms with Crippen molar-refractivity contribution >= 4 is 22.6 Å². The van der Waals surface area contributed by atoms with Gasteiger partial charge in [0.25, 0.3) is 0 Å². The first-order valence-corrected chi connectivity index (χ1v) is 6.97. The third-order valence-corrected chi connectivity index (χ3v) is 3.12. The average molecular weight is 309 g/mol. The Balaban J connectivity index is 3.28. The molecule has 0 heterocycles. The Morgan fingerprint density at radius 3 is 2.43 bits per heavy atom. The van der Waals surface area contributed by atoms with Gasteiger partial charge in [0.15, 0.2) is 0 Å². The minimum atomic E-state index is 0.226. The zero-order valence-electron chi connectivity index (χ0n) is 8.95. The maximum Gasteiger partial charge on any atom is 0.0371 e. The first-order chi connectivity index (χ1) is 6.85.